The maximum absolute atomic E-state index is 12.7. The average molecular weight is 369 g/mol. The maximum atomic E-state index is 12.7. The largest absolute Gasteiger partial charge is 0.394 e. The Morgan fingerprint density at radius 1 is 1.24 bits per heavy atom. The zero-order valence-corrected chi connectivity index (χ0v) is 14.7. The van der Waals surface area contributed by atoms with E-state index in [1.807, 2.05) is 0 Å². The number of hydrogen-bond donors (Lipinski definition) is 2. The second kappa shape index (κ2) is 7.38. The normalized spacial score (nSPS) is 20.2. The standard InChI is InChI=1S/C16H23N3O5S/c17-15(11-20)16(21)18-4-3-12-9-14(2-1-13(12)10-18)25(22,23)19-5-7-24-8-6-19/h1-2,9,15,20H,3-8,10-11,17H2/t15-/m0/s1. The van der Waals surface area contributed by atoms with E-state index in [2.05, 4.69) is 0 Å². The van der Waals surface area contributed by atoms with Crippen LogP contribution in [0, 0.1) is 0 Å². The molecule has 1 amide bonds. The summed E-state index contributed by atoms with van der Waals surface area (Å²) in [6.45, 7) is 1.99. The minimum absolute atomic E-state index is 0.278. The molecule has 0 unspecified atom stereocenters. The molecule has 25 heavy (non-hydrogen) atoms. The van der Waals surface area contributed by atoms with E-state index in [1.165, 1.54) is 4.31 Å². The molecule has 8 nitrogen and oxygen atoms in total. The van der Waals surface area contributed by atoms with E-state index in [-0.39, 0.29) is 17.4 Å². The summed E-state index contributed by atoms with van der Waals surface area (Å²) >= 11 is 0. The van der Waals surface area contributed by atoms with E-state index in [9.17, 15) is 13.2 Å². The predicted molar refractivity (Wildman–Crippen MR) is 90.2 cm³/mol. The Morgan fingerprint density at radius 3 is 2.64 bits per heavy atom. The van der Waals surface area contributed by atoms with Gasteiger partial charge in [0.05, 0.1) is 24.7 Å². The Bertz CT molecular complexity index is 746. The van der Waals surface area contributed by atoms with Crippen molar-refractivity contribution in [1.82, 2.24) is 9.21 Å². The Labute approximate surface area is 147 Å². The van der Waals surface area contributed by atoms with Crippen molar-refractivity contribution < 1.29 is 23.1 Å². The van der Waals surface area contributed by atoms with Crippen molar-refractivity contribution >= 4 is 15.9 Å². The van der Waals surface area contributed by atoms with Gasteiger partial charge in [0.1, 0.15) is 6.04 Å². The molecule has 1 atom stereocenters. The van der Waals surface area contributed by atoms with Crippen molar-refractivity contribution in [1.29, 1.82) is 0 Å². The number of morpholine rings is 1. The summed E-state index contributed by atoms with van der Waals surface area (Å²) < 4.78 is 32.1. The number of benzene rings is 1. The fraction of sp³-hybridized carbons (Fsp3) is 0.562. The second-order valence-electron chi connectivity index (χ2n) is 6.25. The number of carbonyl (C=O) groups excluding carboxylic acids is 1. The van der Waals surface area contributed by atoms with Gasteiger partial charge in [0, 0.05) is 26.2 Å². The van der Waals surface area contributed by atoms with Gasteiger partial charge in [0.25, 0.3) is 0 Å². The van der Waals surface area contributed by atoms with Crippen LogP contribution in [0.25, 0.3) is 0 Å². The first kappa shape index (κ1) is 18.3. The second-order valence-corrected chi connectivity index (χ2v) is 8.18. The number of fused-ring (bicyclic) bond motifs is 1. The molecule has 2 aliphatic rings. The van der Waals surface area contributed by atoms with Crippen LogP contribution in [0.3, 0.4) is 0 Å². The zero-order chi connectivity index (χ0) is 18.0. The van der Waals surface area contributed by atoms with Crippen LogP contribution >= 0.6 is 0 Å². The lowest BCUT2D eigenvalue weighted by Gasteiger charge is -2.31. The molecule has 0 radical (unpaired) electrons. The average Bonchev–Trinajstić information content (AvgIpc) is 2.66. The predicted octanol–water partition coefficient (Wildman–Crippen LogP) is -1.09. The summed E-state index contributed by atoms with van der Waals surface area (Å²) in [5.74, 6) is -0.293. The van der Waals surface area contributed by atoms with E-state index in [4.69, 9.17) is 15.6 Å². The number of carbonyl (C=O) groups is 1. The molecule has 0 bridgehead atoms. The van der Waals surface area contributed by atoms with Crippen molar-refractivity contribution in [3.05, 3.63) is 29.3 Å². The van der Waals surface area contributed by atoms with E-state index in [0.29, 0.717) is 45.8 Å². The molecule has 1 aromatic rings. The first-order valence-corrected chi connectivity index (χ1v) is 9.72. The van der Waals surface area contributed by atoms with Gasteiger partial charge < -0.3 is 20.5 Å². The van der Waals surface area contributed by atoms with Gasteiger partial charge in [0.15, 0.2) is 0 Å². The van der Waals surface area contributed by atoms with Crippen molar-refractivity contribution in [3.63, 3.8) is 0 Å². The summed E-state index contributed by atoms with van der Waals surface area (Å²) in [6, 6.07) is 4.13. The lowest BCUT2D eigenvalue weighted by molar-refractivity contribution is -0.134. The number of aliphatic hydroxyl groups is 1. The Hall–Kier alpha value is -1.52. The molecule has 1 fully saturated rings. The van der Waals surface area contributed by atoms with Crippen LogP contribution in [0.5, 0.6) is 0 Å². The van der Waals surface area contributed by atoms with Gasteiger partial charge in [-0.1, -0.05) is 6.07 Å². The summed E-state index contributed by atoms with van der Waals surface area (Å²) in [5.41, 5.74) is 7.43. The van der Waals surface area contributed by atoms with Crippen LogP contribution in [-0.2, 0) is 32.5 Å². The van der Waals surface area contributed by atoms with Crippen molar-refractivity contribution in [3.8, 4) is 0 Å². The number of nitrogens with two attached hydrogens (primary N) is 1. The van der Waals surface area contributed by atoms with Crippen molar-refractivity contribution in [2.45, 2.75) is 23.9 Å². The van der Waals surface area contributed by atoms with Gasteiger partial charge in [-0.25, -0.2) is 8.42 Å². The Morgan fingerprint density at radius 2 is 1.96 bits per heavy atom. The number of aliphatic hydroxyl groups excluding tert-OH is 1. The fourth-order valence-corrected chi connectivity index (χ4v) is 4.59. The monoisotopic (exact) mass is 369 g/mol. The molecule has 2 heterocycles. The number of rotatable bonds is 4. The van der Waals surface area contributed by atoms with Gasteiger partial charge in [-0.3, -0.25) is 4.79 Å². The highest BCUT2D eigenvalue weighted by molar-refractivity contribution is 7.89. The third-order valence-electron chi connectivity index (χ3n) is 4.62. The van der Waals surface area contributed by atoms with Crippen LogP contribution in [0.15, 0.2) is 23.1 Å². The van der Waals surface area contributed by atoms with Gasteiger partial charge in [-0.15, -0.1) is 0 Å². The molecule has 9 heteroatoms. The molecule has 3 N–H and O–H groups in total. The van der Waals surface area contributed by atoms with E-state index >= 15 is 0 Å². The maximum Gasteiger partial charge on any atom is 0.243 e. The lowest BCUT2D eigenvalue weighted by Crippen LogP contribution is -2.47. The number of amides is 1. The number of ether oxygens (including phenoxy) is 1. The van der Waals surface area contributed by atoms with Crippen LogP contribution in [0.1, 0.15) is 11.1 Å². The molecule has 2 aliphatic heterocycles. The van der Waals surface area contributed by atoms with Crippen LogP contribution in [-0.4, -0.2) is 74.1 Å². The summed E-state index contributed by atoms with van der Waals surface area (Å²) in [5, 5.41) is 9.03. The topological polar surface area (TPSA) is 113 Å². The van der Waals surface area contributed by atoms with E-state index < -0.39 is 16.1 Å². The number of sulfonamides is 1. The number of nitrogens with zero attached hydrogens (tertiary/aromatic N) is 2. The fourth-order valence-electron chi connectivity index (χ4n) is 3.13. The Kier molecular flexibility index (Phi) is 5.40. The highest BCUT2D eigenvalue weighted by Gasteiger charge is 2.29. The summed E-state index contributed by atoms with van der Waals surface area (Å²) in [6.07, 6.45) is 0.561. The third kappa shape index (κ3) is 3.70. The molecule has 3 rings (SSSR count). The number of hydrogen-bond acceptors (Lipinski definition) is 6. The molecule has 0 spiro atoms. The van der Waals surface area contributed by atoms with Crippen molar-refractivity contribution in [2.75, 3.05) is 39.5 Å². The smallest absolute Gasteiger partial charge is 0.243 e. The lowest BCUT2D eigenvalue weighted by atomic mass is 9.99. The van der Waals surface area contributed by atoms with Crippen molar-refractivity contribution in [2.24, 2.45) is 5.73 Å². The highest BCUT2D eigenvalue weighted by atomic mass is 32.2. The molecule has 1 saturated heterocycles. The highest BCUT2D eigenvalue weighted by Crippen LogP contribution is 2.25. The zero-order valence-electron chi connectivity index (χ0n) is 13.9. The van der Waals surface area contributed by atoms with Crippen LogP contribution in [0.2, 0.25) is 0 Å². The molecule has 0 saturated carbocycles. The van der Waals surface area contributed by atoms with Crippen LogP contribution in [0.4, 0.5) is 0 Å². The first-order valence-electron chi connectivity index (χ1n) is 8.28. The summed E-state index contributed by atoms with van der Waals surface area (Å²) in [4.78, 5) is 14.0. The van der Waals surface area contributed by atoms with Gasteiger partial charge in [-0.05, 0) is 29.7 Å². The van der Waals surface area contributed by atoms with Gasteiger partial charge in [-0.2, -0.15) is 4.31 Å². The third-order valence-corrected chi connectivity index (χ3v) is 6.52. The molecule has 138 valence electrons. The molecule has 0 aliphatic carbocycles. The van der Waals surface area contributed by atoms with Crippen LogP contribution < -0.4 is 5.73 Å². The molecular weight excluding hydrogens is 346 g/mol. The van der Waals surface area contributed by atoms with E-state index in [1.54, 1.807) is 23.1 Å². The quantitative estimate of drug-likeness (QED) is 0.697. The van der Waals surface area contributed by atoms with Gasteiger partial charge >= 0.3 is 0 Å². The summed E-state index contributed by atoms with van der Waals surface area (Å²) in [7, 11) is -3.52. The minimum atomic E-state index is -3.52. The molecule has 1 aromatic carbocycles. The minimum Gasteiger partial charge on any atom is -0.394 e. The Balaban J connectivity index is 1.79. The first-order chi connectivity index (χ1) is 11.9. The molecule has 0 aromatic heterocycles. The van der Waals surface area contributed by atoms with Gasteiger partial charge in [0.2, 0.25) is 15.9 Å². The van der Waals surface area contributed by atoms with E-state index in [0.717, 1.165) is 11.1 Å². The SMILES string of the molecule is N[C@@H](CO)C(=O)N1CCc2cc(S(=O)(=O)N3CCOCC3)ccc2C1. The molecular formula is C16H23N3O5S.